The molecule has 0 saturated heterocycles. The molecule has 2 N–H and O–H groups in total. The van der Waals surface area contributed by atoms with E-state index in [9.17, 15) is 9.90 Å². The number of ether oxygens (including phenoxy) is 1. The summed E-state index contributed by atoms with van der Waals surface area (Å²) in [5, 5.41) is 13.3. The van der Waals surface area contributed by atoms with Gasteiger partial charge in [0.15, 0.2) is 12.4 Å². The number of aromatic hydroxyl groups is 1. The molecule has 154 valence electrons. The maximum atomic E-state index is 12.1. The molecule has 3 aromatic carbocycles. The van der Waals surface area contributed by atoms with E-state index >= 15 is 0 Å². The van der Waals surface area contributed by atoms with Gasteiger partial charge in [-0.25, -0.2) is 9.97 Å². The Morgan fingerprint density at radius 3 is 2.52 bits per heavy atom. The maximum absolute atomic E-state index is 12.1. The van der Waals surface area contributed by atoms with E-state index in [2.05, 4.69) is 15.3 Å². The highest BCUT2D eigenvalue weighted by molar-refractivity contribution is 5.91. The first-order valence-electron chi connectivity index (χ1n) is 9.80. The highest BCUT2D eigenvalue weighted by Gasteiger charge is 2.11. The molecule has 4 aromatic rings. The Bertz CT molecular complexity index is 1190. The van der Waals surface area contributed by atoms with E-state index in [0.29, 0.717) is 28.5 Å². The monoisotopic (exact) mass is 411 g/mol. The van der Waals surface area contributed by atoms with Crippen LogP contribution in [0, 0.1) is 6.92 Å². The molecule has 4 rings (SSSR count). The van der Waals surface area contributed by atoms with Crippen molar-refractivity contribution < 1.29 is 14.6 Å². The number of aryl methyl sites for hydroxylation is 1. The minimum Gasteiger partial charge on any atom is -0.507 e. The van der Waals surface area contributed by atoms with Crippen LogP contribution in [0.15, 0.2) is 85.1 Å². The second-order valence-corrected chi connectivity index (χ2v) is 7.01. The molecule has 0 unspecified atom stereocenters. The van der Waals surface area contributed by atoms with Crippen LogP contribution in [0.1, 0.15) is 5.56 Å². The third-order valence-corrected chi connectivity index (χ3v) is 4.64. The number of hydrogen-bond donors (Lipinski definition) is 2. The average molecular weight is 411 g/mol. The Hall–Kier alpha value is -4.19. The lowest BCUT2D eigenvalue weighted by atomic mass is 10.1. The third kappa shape index (κ3) is 5.05. The molecule has 1 heterocycles. The lowest BCUT2D eigenvalue weighted by Gasteiger charge is -2.10. The summed E-state index contributed by atoms with van der Waals surface area (Å²) in [4.78, 5) is 21.0. The first-order valence-corrected chi connectivity index (χ1v) is 9.80. The lowest BCUT2D eigenvalue weighted by Crippen LogP contribution is -2.20. The lowest BCUT2D eigenvalue weighted by molar-refractivity contribution is -0.118. The summed E-state index contributed by atoms with van der Waals surface area (Å²) in [5.74, 6) is 0.688. The zero-order chi connectivity index (χ0) is 21.6. The average Bonchev–Trinajstić information content (AvgIpc) is 2.80. The standard InChI is InChI=1S/C25H21N3O3/c1-17-7-9-19(10-8-17)27-24(30)16-31-20-11-12-21(23(29)15-20)22-13-14-26-25(28-22)18-5-3-2-4-6-18/h2-15,29H,16H2,1H3,(H,27,30). The van der Waals surface area contributed by atoms with E-state index in [1.165, 1.54) is 6.07 Å². The van der Waals surface area contributed by atoms with Crippen LogP contribution in [0.3, 0.4) is 0 Å². The van der Waals surface area contributed by atoms with Gasteiger partial charge in [-0.05, 0) is 37.3 Å². The molecular weight excluding hydrogens is 390 g/mol. The van der Waals surface area contributed by atoms with E-state index in [-0.39, 0.29) is 18.3 Å². The molecular formula is C25H21N3O3. The summed E-state index contributed by atoms with van der Waals surface area (Å²) >= 11 is 0. The summed E-state index contributed by atoms with van der Waals surface area (Å²) in [6.45, 7) is 1.81. The highest BCUT2D eigenvalue weighted by Crippen LogP contribution is 2.32. The SMILES string of the molecule is Cc1ccc(NC(=O)COc2ccc(-c3ccnc(-c4ccccc4)n3)c(O)c2)cc1. The molecule has 0 radical (unpaired) electrons. The zero-order valence-corrected chi connectivity index (χ0v) is 16.9. The summed E-state index contributed by atoms with van der Waals surface area (Å²) in [6.07, 6.45) is 1.66. The van der Waals surface area contributed by atoms with Crippen LogP contribution in [0.2, 0.25) is 0 Å². The highest BCUT2D eigenvalue weighted by atomic mass is 16.5. The van der Waals surface area contributed by atoms with Gasteiger partial charge in [-0.3, -0.25) is 4.79 Å². The van der Waals surface area contributed by atoms with Gasteiger partial charge in [-0.1, -0.05) is 48.0 Å². The minimum absolute atomic E-state index is 0.00848. The number of phenolic OH excluding ortho intramolecular Hbond substituents is 1. The van der Waals surface area contributed by atoms with Gasteiger partial charge in [0, 0.05) is 29.1 Å². The van der Waals surface area contributed by atoms with Crippen molar-refractivity contribution in [3.8, 4) is 34.1 Å². The first-order chi connectivity index (χ1) is 15.1. The van der Waals surface area contributed by atoms with Crippen LogP contribution >= 0.6 is 0 Å². The molecule has 0 spiro atoms. The van der Waals surface area contributed by atoms with Crippen molar-refractivity contribution in [1.82, 2.24) is 9.97 Å². The topological polar surface area (TPSA) is 84.3 Å². The molecule has 0 fully saturated rings. The maximum Gasteiger partial charge on any atom is 0.262 e. The Kier molecular flexibility index (Phi) is 5.89. The van der Waals surface area contributed by atoms with Gasteiger partial charge in [0.1, 0.15) is 11.5 Å². The molecule has 1 aromatic heterocycles. The van der Waals surface area contributed by atoms with E-state index in [4.69, 9.17) is 4.74 Å². The van der Waals surface area contributed by atoms with Gasteiger partial charge in [-0.15, -0.1) is 0 Å². The van der Waals surface area contributed by atoms with Gasteiger partial charge >= 0.3 is 0 Å². The second kappa shape index (κ2) is 9.09. The number of nitrogens with zero attached hydrogens (tertiary/aromatic N) is 2. The van der Waals surface area contributed by atoms with Crippen molar-refractivity contribution >= 4 is 11.6 Å². The minimum atomic E-state index is -0.282. The predicted octanol–water partition coefficient (Wildman–Crippen LogP) is 4.84. The molecule has 6 nitrogen and oxygen atoms in total. The molecule has 0 bridgehead atoms. The van der Waals surface area contributed by atoms with Crippen molar-refractivity contribution in [3.05, 3.63) is 90.6 Å². The number of hydrogen-bond acceptors (Lipinski definition) is 5. The van der Waals surface area contributed by atoms with E-state index in [1.54, 1.807) is 24.4 Å². The predicted molar refractivity (Wildman–Crippen MR) is 120 cm³/mol. The fourth-order valence-electron chi connectivity index (χ4n) is 3.04. The van der Waals surface area contributed by atoms with Crippen LogP contribution < -0.4 is 10.1 Å². The van der Waals surface area contributed by atoms with Gasteiger partial charge in [0.05, 0.1) is 5.69 Å². The molecule has 6 heteroatoms. The Balaban J connectivity index is 1.43. The molecule has 0 atom stereocenters. The summed E-state index contributed by atoms with van der Waals surface area (Å²) in [7, 11) is 0. The summed E-state index contributed by atoms with van der Waals surface area (Å²) in [6, 6.07) is 23.7. The van der Waals surface area contributed by atoms with Crippen LogP contribution in [-0.2, 0) is 4.79 Å². The number of aromatic nitrogens is 2. The van der Waals surface area contributed by atoms with E-state index in [0.717, 1.165) is 11.1 Å². The molecule has 0 aliphatic heterocycles. The number of carbonyl (C=O) groups is 1. The van der Waals surface area contributed by atoms with E-state index < -0.39 is 0 Å². The number of anilines is 1. The number of amides is 1. The molecule has 0 aliphatic carbocycles. The van der Waals surface area contributed by atoms with Crippen LogP contribution in [-0.4, -0.2) is 27.6 Å². The number of benzene rings is 3. The fraction of sp³-hybridized carbons (Fsp3) is 0.0800. The van der Waals surface area contributed by atoms with Crippen molar-refractivity contribution in [1.29, 1.82) is 0 Å². The van der Waals surface area contributed by atoms with Crippen molar-refractivity contribution in [2.24, 2.45) is 0 Å². The van der Waals surface area contributed by atoms with Crippen molar-refractivity contribution in [2.45, 2.75) is 6.92 Å². The second-order valence-electron chi connectivity index (χ2n) is 7.01. The summed E-state index contributed by atoms with van der Waals surface area (Å²) < 4.78 is 5.52. The fourth-order valence-corrected chi connectivity index (χ4v) is 3.04. The van der Waals surface area contributed by atoms with Crippen LogP contribution in [0.5, 0.6) is 11.5 Å². The van der Waals surface area contributed by atoms with Crippen LogP contribution in [0.4, 0.5) is 5.69 Å². The Morgan fingerprint density at radius 1 is 1.00 bits per heavy atom. The molecule has 1 amide bonds. The number of rotatable bonds is 6. The zero-order valence-electron chi connectivity index (χ0n) is 16.9. The Labute approximate surface area is 180 Å². The van der Waals surface area contributed by atoms with Gasteiger partial charge < -0.3 is 15.2 Å². The van der Waals surface area contributed by atoms with Gasteiger partial charge in [0.25, 0.3) is 5.91 Å². The normalized spacial score (nSPS) is 10.5. The van der Waals surface area contributed by atoms with Crippen molar-refractivity contribution in [2.75, 3.05) is 11.9 Å². The molecule has 0 aliphatic rings. The largest absolute Gasteiger partial charge is 0.507 e. The van der Waals surface area contributed by atoms with Crippen molar-refractivity contribution in [3.63, 3.8) is 0 Å². The van der Waals surface area contributed by atoms with E-state index in [1.807, 2.05) is 61.5 Å². The van der Waals surface area contributed by atoms with Gasteiger partial charge in [-0.2, -0.15) is 0 Å². The number of phenols is 1. The molecule has 0 saturated carbocycles. The van der Waals surface area contributed by atoms with Crippen LogP contribution in [0.25, 0.3) is 22.6 Å². The Morgan fingerprint density at radius 2 is 1.77 bits per heavy atom. The number of nitrogens with one attached hydrogen (secondary N) is 1. The molecule has 31 heavy (non-hydrogen) atoms. The third-order valence-electron chi connectivity index (χ3n) is 4.64. The number of carbonyl (C=O) groups excluding carboxylic acids is 1. The summed E-state index contributed by atoms with van der Waals surface area (Å²) in [5.41, 5.74) is 3.86. The quantitative estimate of drug-likeness (QED) is 0.474. The van der Waals surface area contributed by atoms with Gasteiger partial charge in [0.2, 0.25) is 0 Å². The smallest absolute Gasteiger partial charge is 0.262 e. The first kappa shape index (κ1) is 20.1.